The van der Waals surface area contributed by atoms with Crippen LogP contribution in [-0.4, -0.2) is 24.5 Å². The number of hydrogen-bond donors (Lipinski definition) is 0. The van der Waals surface area contributed by atoms with E-state index in [4.69, 9.17) is 0 Å². The fourth-order valence-corrected chi connectivity index (χ4v) is 3.84. The predicted octanol–water partition coefficient (Wildman–Crippen LogP) is 5.45. The van der Waals surface area contributed by atoms with Gasteiger partial charge in [-0.1, -0.05) is 74.0 Å². The molecule has 1 heterocycles. The van der Waals surface area contributed by atoms with Gasteiger partial charge in [-0.25, -0.2) is 0 Å². The molecule has 0 aromatic heterocycles. The Morgan fingerprint density at radius 1 is 0.783 bits per heavy atom. The van der Waals surface area contributed by atoms with Crippen LogP contribution >= 0.6 is 0 Å². The maximum Gasteiger partial charge on any atom is 0.00505 e. The summed E-state index contributed by atoms with van der Waals surface area (Å²) in [5.74, 6) is 1.23. The zero-order valence-corrected chi connectivity index (χ0v) is 14.3. The van der Waals surface area contributed by atoms with Gasteiger partial charge in [0.2, 0.25) is 0 Å². The molecule has 0 radical (unpaired) electrons. The average molecular weight is 307 g/mol. The maximum absolute atomic E-state index is 2.68. The first-order valence-corrected chi connectivity index (χ1v) is 9.15. The molecule has 0 saturated carbocycles. The summed E-state index contributed by atoms with van der Waals surface area (Å²) in [5.41, 5.74) is 2.97. The van der Waals surface area contributed by atoms with Crippen molar-refractivity contribution in [3.63, 3.8) is 0 Å². The standard InChI is InChI=1S/C22H29N/c1-19(20-11-5-2-6-12-20)17-22(21-13-7-3-8-14-21)18-23-15-9-4-10-16-23/h2-3,5-8,11-14,19,22H,4,9-10,15-18H2,1H3/t19-,22-/m0/s1. The van der Waals surface area contributed by atoms with Gasteiger partial charge in [-0.15, -0.1) is 0 Å². The maximum atomic E-state index is 2.68. The van der Waals surface area contributed by atoms with Gasteiger partial charge in [0.05, 0.1) is 0 Å². The van der Waals surface area contributed by atoms with Crippen LogP contribution in [0.1, 0.15) is 55.6 Å². The van der Waals surface area contributed by atoms with Crippen LogP contribution in [0.2, 0.25) is 0 Å². The summed E-state index contributed by atoms with van der Waals surface area (Å²) in [6, 6.07) is 22.1. The molecule has 0 unspecified atom stereocenters. The second-order valence-electron chi connectivity index (χ2n) is 7.02. The normalized spacial score (nSPS) is 18.5. The van der Waals surface area contributed by atoms with Gasteiger partial charge in [-0.05, 0) is 55.3 Å². The molecule has 0 N–H and O–H groups in total. The van der Waals surface area contributed by atoms with Crippen molar-refractivity contribution in [2.24, 2.45) is 0 Å². The molecule has 3 rings (SSSR count). The Labute approximate surface area is 141 Å². The van der Waals surface area contributed by atoms with Crippen LogP contribution in [0.5, 0.6) is 0 Å². The third-order valence-corrected chi connectivity index (χ3v) is 5.20. The van der Waals surface area contributed by atoms with E-state index in [1.165, 1.54) is 56.4 Å². The van der Waals surface area contributed by atoms with Crippen LogP contribution in [-0.2, 0) is 0 Å². The van der Waals surface area contributed by atoms with E-state index in [1.54, 1.807) is 0 Å². The molecule has 2 aromatic carbocycles. The molecule has 0 spiro atoms. The molecular formula is C22H29N. The molecule has 122 valence electrons. The summed E-state index contributed by atoms with van der Waals surface area (Å²) in [7, 11) is 0. The zero-order valence-electron chi connectivity index (χ0n) is 14.3. The molecule has 23 heavy (non-hydrogen) atoms. The molecule has 1 nitrogen and oxygen atoms in total. The highest BCUT2D eigenvalue weighted by molar-refractivity contribution is 5.23. The Morgan fingerprint density at radius 3 is 1.96 bits per heavy atom. The van der Waals surface area contributed by atoms with Crippen LogP contribution in [0.25, 0.3) is 0 Å². The van der Waals surface area contributed by atoms with Crippen LogP contribution < -0.4 is 0 Å². The highest BCUT2D eigenvalue weighted by atomic mass is 15.1. The molecule has 2 atom stereocenters. The van der Waals surface area contributed by atoms with E-state index in [-0.39, 0.29) is 0 Å². The number of likely N-dealkylation sites (tertiary alicyclic amines) is 1. The smallest absolute Gasteiger partial charge is 0.00505 e. The predicted molar refractivity (Wildman–Crippen MR) is 98.9 cm³/mol. The van der Waals surface area contributed by atoms with Crippen molar-refractivity contribution in [1.29, 1.82) is 0 Å². The Hall–Kier alpha value is -1.60. The first-order valence-electron chi connectivity index (χ1n) is 9.15. The minimum Gasteiger partial charge on any atom is -0.303 e. The number of benzene rings is 2. The zero-order chi connectivity index (χ0) is 15.9. The second-order valence-corrected chi connectivity index (χ2v) is 7.02. The van der Waals surface area contributed by atoms with E-state index in [1.807, 2.05) is 0 Å². The molecule has 0 aliphatic carbocycles. The molecular weight excluding hydrogens is 278 g/mol. The third-order valence-electron chi connectivity index (χ3n) is 5.20. The third kappa shape index (κ3) is 4.68. The molecule has 1 fully saturated rings. The summed E-state index contributed by atoms with van der Waals surface area (Å²) in [5, 5.41) is 0. The van der Waals surface area contributed by atoms with Gasteiger partial charge in [-0.2, -0.15) is 0 Å². The number of rotatable bonds is 6. The van der Waals surface area contributed by atoms with Gasteiger partial charge in [0.25, 0.3) is 0 Å². The Balaban J connectivity index is 1.72. The number of nitrogens with zero attached hydrogens (tertiary/aromatic N) is 1. The SMILES string of the molecule is C[C@@H](C[C@@H](CN1CCCCC1)c1ccccc1)c1ccccc1. The van der Waals surface area contributed by atoms with E-state index in [2.05, 4.69) is 72.5 Å². The van der Waals surface area contributed by atoms with E-state index in [0.717, 1.165) is 0 Å². The minimum atomic E-state index is 0.603. The molecule has 0 bridgehead atoms. The Kier molecular flexibility index (Phi) is 5.87. The van der Waals surface area contributed by atoms with E-state index < -0.39 is 0 Å². The molecule has 0 amide bonds. The lowest BCUT2D eigenvalue weighted by Gasteiger charge is -2.32. The number of piperidine rings is 1. The van der Waals surface area contributed by atoms with Gasteiger partial charge in [0.15, 0.2) is 0 Å². The summed E-state index contributed by atoms with van der Waals surface area (Å²) >= 11 is 0. The lowest BCUT2D eigenvalue weighted by Crippen LogP contribution is -2.33. The van der Waals surface area contributed by atoms with Crippen molar-refractivity contribution in [3.8, 4) is 0 Å². The fraction of sp³-hybridized carbons (Fsp3) is 0.455. The minimum absolute atomic E-state index is 0.603. The fourth-order valence-electron chi connectivity index (χ4n) is 3.84. The second kappa shape index (κ2) is 8.31. The quantitative estimate of drug-likeness (QED) is 0.686. The van der Waals surface area contributed by atoms with Crippen LogP contribution in [0.15, 0.2) is 60.7 Å². The van der Waals surface area contributed by atoms with Gasteiger partial charge in [0, 0.05) is 6.54 Å². The van der Waals surface area contributed by atoms with E-state index in [0.29, 0.717) is 11.8 Å². The summed E-state index contributed by atoms with van der Waals surface area (Å²) in [4.78, 5) is 2.68. The van der Waals surface area contributed by atoms with Crippen molar-refractivity contribution in [2.75, 3.05) is 19.6 Å². The van der Waals surface area contributed by atoms with Crippen molar-refractivity contribution in [3.05, 3.63) is 71.8 Å². The molecule has 1 aliphatic rings. The van der Waals surface area contributed by atoms with Gasteiger partial charge in [-0.3, -0.25) is 0 Å². The molecule has 1 heteroatoms. The lowest BCUT2D eigenvalue weighted by molar-refractivity contribution is 0.210. The van der Waals surface area contributed by atoms with Gasteiger partial charge >= 0.3 is 0 Å². The molecule has 1 saturated heterocycles. The van der Waals surface area contributed by atoms with Crippen molar-refractivity contribution < 1.29 is 0 Å². The highest BCUT2D eigenvalue weighted by Gasteiger charge is 2.20. The monoisotopic (exact) mass is 307 g/mol. The topological polar surface area (TPSA) is 3.24 Å². The largest absolute Gasteiger partial charge is 0.303 e. The van der Waals surface area contributed by atoms with Crippen LogP contribution in [0.4, 0.5) is 0 Å². The summed E-state index contributed by atoms with van der Waals surface area (Å²) in [6.45, 7) is 6.15. The first-order chi connectivity index (χ1) is 11.3. The van der Waals surface area contributed by atoms with Crippen LogP contribution in [0, 0.1) is 0 Å². The van der Waals surface area contributed by atoms with Crippen molar-refractivity contribution in [1.82, 2.24) is 4.90 Å². The lowest BCUT2D eigenvalue weighted by atomic mass is 9.85. The Morgan fingerprint density at radius 2 is 1.35 bits per heavy atom. The van der Waals surface area contributed by atoms with Crippen LogP contribution in [0.3, 0.4) is 0 Å². The summed E-state index contributed by atoms with van der Waals surface area (Å²) < 4.78 is 0. The molecule has 2 aromatic rings. The van der Waals surface area contributed by atoms with E-state index in [9.17, 15) is 0 Å². The van der Waals surface area contributed by atoms with Gasteiger partial charge in [0.1, 0.15) is 0 Å². The summed E-state index contributed by atoms with van der Waals surface area (Å²) in [6.07, 6.45) is 5.38. The van der Waals surface area contributed by atoms with Crippen molar-refractivity contribution >= 4 is 0 Å². The van der Waals surface area contributed by atoms with E-state index >= 15 is 0 Å². The first kappa shape index (κ1) is 16.3. The van der Waals surface area contributed by atoms with Crippen molar-refractivity contribution in [2.45, 2.75) is 44.4 Å². The Bertz CT molecular complexity index is 557. The average Bonchev–Trinajstić information content (AvgIpc) is 2.63. The van der Waals surface area contributed by atoms with Gasteiger partial charge < -0.3 is 4.90 Å². The highest BCUT2D eigenvalue weighted by Crippen LogP contribution is 2.31. The number of hydrogen-bond acceptors (Lipinski definition) is 1. The molecule has 1 aliphatic heterocycles.